The molecule has 0 heterocycles. The molecular formula is C28H37NO6. The maximum absolute atomic E-state index is 13.4. The zero-order valence-corrected chi connectivity index (χ0v) is 21.1. The molecule has 1 N–H and O–H groups in total. The van der Waals surface area contributed by atoms with Gasteiger partial charge >= 0.3 is 12.1 Å². The Balaban J connectivity index is 1.58. The van der Waals surface area contributed by atoms with E-state index in [0.717, 1.165) is 19.3 Å². The summed E-state index contributed by atoms with van der Waals surface area (Å²) >= 11 is 0. The van der Waals surface area contributed by atoms with E-state index >= 15 is 0 Å². The molecule has 7 heteroatoms. The normalized spacial score (nSPS) is 33.4. The van der Waals surface area contributed by atoms with Crippen molar-refractivity contribution in [2.75, 3.05) is 6.61 Å². The van der Waals surface area contributed by atoms with Crippen LogP contribution in [0, 0.1) is 29.6 Å². The average molecular weight is 484 g/mol. The first-order valence-corrected chi connectivity index (χ1v) is 12.9. The number of nitrogens with one attached hydrogen (secondary N) is 1. The largest absolute Gasteiger partial charge is 0.508 e. The molecule has 2 saturated carbocycles. The molecule has 0 spiro atoms. The topological polar surface area (TPSA) is 90.9 Å². The van der Waals surface area contributed by atoms with Crippen molar-refractivity contribution >= 4 is 18.0 Å². The van der Waals surface area contributed by atoms with Gasteiger partial charge in [0.25, 0.3) is 5.91 Å². The molecule has 4 rings (SSSR count). The maximum Gasteiger partial charge on any atom is 0.508 e. The van der Waals surface area contributed by atoms with Gasteiger partial charge in [-0.3, -0.25) is 4.79 Å². The third-order valence-electron chi connectivity index (χ3n) is 7.94. The Morgan fingerprint density at radius 3 is 2.49 bits per heavy atom. The van der Waals surface area contributed by atoms with Crippen molar-refractivity contribution in [1.29, 1.82) is 0 Å². The van der Waals surface area contributed by atoms with Crippen LogP contribution in [-0.4, -0.2) is 42.4 Å². The molecule has 35 heavy (non-hydrogen) atoms. The number of fused-ring (bicyclic) bond motifs is 2. The number of hydrogen-bond donors (Lipinski definition) is 1. The summed E-state index contributed by atoms with van der Waals surface area (Å²) in [5.74, 6) is -0.431. The minimum absolute atomic E-state index is 0.149. The lowest BCUT2D eigenvalue weighted by molar-refractivity contribution is -0.158. The van der Waals surface area contributed by atoms with Crippen molar-refractivity contribution in [3.8, 4) is 0 Å². The van der Waals surface area contributed by atoms with E-state index in [9.17, 15) is 14.4 Å². The molecule has 0 aromatic heterocycles. The summed E-state index contributed by atoms with van der Waals surface area (Å²) in [6.07, 6.45) is 5.45. The molecule has 3 aliphatic rings. The van der Waals surface area contributed by atoms with Gasteiger partial charge in [-0.1, -0.05) is 57.5 Å². The average Bonchev–Trinajstić information content (AvgIpc) is 3.41. The number of amides is 1. The van der Waals surface area contributed by atoms with Gasteiger partial charge in [0.05, 0.1) is 6.61 Å². The molecule has 0 radical (unpaired) electrons. The molecule has 7 atom stereocenters. The Morgan fingerprint density at radius 1 is 1.06 bits per heavy atom. The molecule has 2 bridgehead atoms. The first-order chi connectivity index (χ1) is 16.8. The fourth-order valence-electron chi connectivity index (χ4n) is 6.11. The van der Waals surface area contributed by atoms with E-state index in [2.05, 4.69) is 26.1 Å². The number of benzene rings is 1. The smallest absolute Gasteiger partial charge is 0.464 e. The quantitative estimate of drug-likeness (QED) is 0.438. The third kappa shape index (κ3) is 4.95. The number of esters is 1. The highest BCUT2D eigenvalue weighted by atomic mass is 16.7. The number of rotatable bonds is 7. The van der Waals surface area contributed by atoms with Crippen molar-refractivity contribution in [3.63, 3.8) is 0 Å². The van der Waals surface area contributed by atoms with Gasteiger partial charge in [-0.25, -0.2) is 9.59 Å². The fourth-order valence-corrected chi connectivity index (χ4v) is 6.11. The molecule has 7 nitrogen and oxygen atoms in total. The molecule has 3 aliphatic carbocycles. The zero-order chi connectivity index (χ0) is 25.2. The Hall–Kier alpha value is -2.83. The molecule has 0 aliphatic heterocycles. The highest BCUT2D eigenvalue weighted by molar-refractivity contribution is 5.99. The SMILES string of the molecule is CCOC(=O)[C@@]1(NC(=O)c2ccccc2)[C@H]2C=C[C@H](C2)[C@@H]1OC(=O)O[C@H]1C[C@@H](C)CC[C@@H]1C(C)C. The molecule has 190 valence electrons. The monoisotopic (exact) mass is 483 g/mol. The fraction of sp³-hybridized carbons (Fsp3) is 0.607. The summed E-state index contributed by atoms with van der Waals surface area (Å²) < 4.78 is 17.2. The van der Waals surface area contributed by atoms with Gasteiger partial charge in [0.2, 0.25) is 0 Å². The van der Waals surface area contributed by atoms with Crippen LogP contribution in [-0.2, 0) is 19.0 Å². The predicted octanol–water partition coefficient (Wildman–Crippen LogP) is 4.91. The second-order valence-corrected chi connectivity index (χ2v) is 10.6. The lowest BCUT2D eigenvalue weighted by Crippen LogP contribution is -2.65. The number of hydrogen-bond acceptors (Lipinski definition) is 6. The van der Waals surface area contributed by atoms with E-state index in [-0.39, 0.29) is 30.5 Å². The van der Waals surface area contributed by atoms with Gasteiger partial charge in [0.15, 0.2) is 5.54 Å². The van der Waals surface area contributed by atoms with Gasteiger partial charge in [-0.15, -0.1) is 0 Å². The zero-order valence-electron chi connectivity index (χ0n) is 21.1. The van der Waals surface area contributed by atoms with Crippen molar-refractivity contribution in [2.45, 2.75) is 71.1 Å². The van der Waals surface area contributed by atoms with Crippen LogP contribution in [0.1, 0.15) is 63.7 Å². The Kier molecular flexibility index (Phi) is 7.53. The summed E-state index contributed by atoms with van der Waals surface area (Å²) in [5.41, 5.74) is -1.08. The lowest BCUT2D eigenvalue weighted by atomic mass is 9.75. The highest BCUT2D eigenvalue weighted by Gasteiger charge is 2.65. The predicted molar refractivity (Wildman–Crippen MR) is 130 cm³/mol. The summed E-state index contributed by atoms with van der Waals surface area (Å²) in [5, 5.41) is 2.92. The van der Waals surface area contributed by atoms with E-state index in [1.54, 1.807) is 31.2 Å². The number of carbonyl (C=O) groups is 3. The Morgan fingerprint density at radius 2 is 1.80 bits per heavy atom. The third-order valence-corrected chi connectivity index (χ3v) is 7.94. The van der Waals surface area contributed by atoms with E-state index in [1.165, 1.54) is 0 Å². The van der Waals surface area contributed by atoms with Crippen LogP contribution in [0.3, 0.4) is 0 Å². The van der Waals surface area contributed by atoms with Crippen LogP contribution in [0.2, 0.25) is 0 Å². The second kappa shape index (κ2) is 10.4. The molecular weight excluding hydrogens is 446 g/mol. The second-order valence-electron chi connectivity index (χ2n) is 10.6. The first kappa shape index (κ1) is 25.3. The number of ether oxygens (including phenoxy) is 3. The van der Waals surface area contributed by atoms with Gasteiger partial charge in [-0.05, 0) is 56.1 Å². The molecule has 0 unspecified atom stereocenters. The maximum atomic E-state index is 13.4. The van der Waals surface area contributed by atoms with Crippen molar-refractivity contribution in [3.05, 3.63) is 48.0 Å². The van der Waals surface area contributed by atoms with E-state index in [1.807, 2.05) is 18.2 Å². The Bertz CT molecular complexity index is 959. The molecule has 2 fully saturated rings. The van der Waals surface area contributed by atoms with Crippen molar-refractivity contribution in [2.24, 2.45) is 29.6 Å². The Labute approximate surface area is 207 Å². The van der Waals surface area contributed by atoms with Crippen molar-refractivity contribution in [1.82, 2.24) is 5.32 Å². The summed E-state index contributed by atoms with van der Waals surface area (Å²) in [6, 6.07) is 8.69. The lowest BCUT2D eigenvalue weighted by Gasteiger charge is -2.40. The van der Waals surface area contributed by atoms with Crippen LogP contribution >= 0.6 is 0 Å². The highest BCUT2D eigenvalue weighted by Crippen LogP contribution is 2.49. The van der Waals surface area contributed by atoms with E-state index in [4.69, 9.17) is 14.2 Å². The molecule has 0 saturated heterocycles. The van der Waals surface area contributed by atoms with Gasteiger partial charge in [0, 0.05) is 17.4 Å². The molecule has 1 aromatic rings. The van der Waals surface area contributed by atoms with Gasteiger partial charge in [-0.2, -0.15) is 0 Å². The number of carbonyl (C=O) groups excluding carboxylic acids is 3. The molecule has 1 aromatic carbocycles. The van der Waals surface area contributed by atoms with E-state index < -0.39 is 29.7 Å². The first-order valence-electron chi connectivity index (χ1n) is 12.9. The van der Waals surface area contributed by atoms with Crippen LogP contribution in [0.25, 0.3) is 0 Å². The summed E-state index contributed by atoms with van der Waals surface area (Å²) in [6.45, 7) is 8.33. The van der Waals surface area contributed by atoms with Gasteiger partial charge < -0.3 is 19.5 Å². The van der Waals surface area contributed by atoms with Crippen LogP contribution in [0.15, 0.2) is 42.5 Å². The van der Waals surface area contributed by atoms with Crippen LogP contribution in [0.4, 0.5) is 4.79 Å². The van der Waals surface area contributed by atoms with E-state index in [0.29, 0.717) is 23.8 Å². The minimum Gasteiger partial charge on any atom is -0.464 e. The van der Waals surface area contributed by atoms with Gasteiger partial charge in [0.1, 0.15) is 12.2 Å². The van der Waals surface area contributed by atoms with Crippen LogP contribution in [0.5, 0.6) is 0 Å². The minimum atomic E-state index is -1.50. The van der Waals surface area contributed by atoms with Crippen LogP contribution < -0.4 is 5.32 Å². The molecule has 1 amide bonds. The summed E-state index contributed by atoms with van der Waals surface area (Å²) in [7, 11) is 0. The summed E-state index contributed by atoms with van der Waals surface area (Å²) in [4.78, 5) is 39.7. The van der Waals surface area contributed by atoms with Crippen molar-refractivity contribution < 1.29 is 28.6 Å². The standard InChI is InChI=1S/C28H37NO6/c1-5-33-26(31)28(29-25(30)19-9-7-6-8-10-19)21-13-12-20(16-21)24(28)35-27(32)34-23-15-18(4)11-14-22(23)17(2)3/h6-10,12-13,17-18,20-24H,5,11,14-16H2,1-4H3,(H,29,30)/t18-,20+,21-,22+,23-,24-,28+/m0/s1.